The van der Waals surface area contributed by atoms with E-state index in [1.165, 1.54) is 11.8 Å². The smallest absolute Gasteiger partial charge is 0.219 e. The summed E-state index contributed by atoms with van der Waals surface area (Å²) in [5.74, 6) is 1.37. The second kappa shape index (κ2) is 8.29. The van der Waals surface area contributed by atoms with Crippen molar-refractivity contribution in [3.8, 4) is 0 Å². The van der Waals surface area contributed by atoms with Crippen LogP contribution >= 0.6 is 11.8 Å². The second-order valence-electron chi connectivity index (χ2n) is 7.13. The summed E-state index contributed by atoms with van der Waals surface area (Å²) in [6.45, 7) is 7.56. The minimum atomic E-state index is -0.346. The molecule has 0 bridgehead atoms. The lowest BCUT2D eigenvalue weighted by Crippen LogP contribution is -2.16. The molecule has 2 N–H and O–H groups in total. The predicted molar refractivity (Wildman–Crippen MR) is 105 cm³/mol. The molecule has 1 saturated carbocycles. The summed E-state index contributed by atoms with van der Waals surface area (Å²) < 4.78 is 4.15. The second-order valence-corrected chi connectivity index (χ2v) is 8.07. The average Bonchev–Trinajstić information content (AvgIpc) is 3.33. The number of primary amides is 1. The molecule has 0 spiro atoms. The Morgan fingerprint density at radius 1 is 1.22 bits per heavy atom. The van der Waals surface area contributed by atoms with Crippen molar-refractivity contribution >= 4 is 23.5 Å². The number of nitrogens with two attached hydrogens (primary N) is 1. The summed E-state index contributed by atoms with van der Waals surface area (Å²) in [5.41, 5.74) is 8.21. The first-order valence-electron chi connectivity index (χ1n) is 9.46. The molecule has 0 atom stereocenters. The van der Waals surface area contributed by atoms with Crippen molar-refractivity contribution in [3.05, 3.63) is 28.8 Å². The third kappa shape index (κ3) is 4.43. The zero-order chi connectivity index (χ0) is 19.6. The number of aromatic nitrogens is 4. The molecule has 8 heteroatoms. The van der Waals surface area contributed by atoms with E-state index in [-0.39, 0.29) is 18.1 Å². The van der Waals surface area contributed by atoms with E-state index in [4.69, 9.17) is 5.73 Å². The number of hydrogen-bond donors (Lipinski definition) is 1. The molecule has 2 heterocycles. The third-order valence-corrected chi connectivity index (χ3v) is 5.89. The topological polar surface area (TPSA) is 95.8 Å². The minimum Gasteiger partial charge on any atom is -0.370 e. The summed E-state index contributed by atoms with van der Waals surface area (Å²) in [4.78, 5) is 24.0. The first-order valence-corrected chi connectivity index (χ1v) is 10.4. The zero-order valence-electron chi connectivity index (χ0n) is 16.2. The maximum Gasteiger partial charge on any atom is 0.219 e. The number of carbonyl (C=O) groups is 2. The average molecular weight is 390 g/mol. The molecule has 3 rings (SSSR count). The van der Waals surface area contributed by atoms with Crippen LogP contribution in [-0.4, -0.2) is 36.8 Å². The molecule has 1 aliphatic carbocycles. The summed E-state index contributed by atoms with van der Waals surface area (Å²) in [5, 5.41) is 9.24. The number of amides is 1. The highest BCUT2D eigenvalue weighted by Gasteiger charge is 2.30. The van der Waals surface area contributed by atoms with E-state index in [0.29, 0.717) is 23.4 Å². The number of aryl methyl sites for hydroxylation is 1. The van der Waals surface area contributed by atoms with Gasteiger partial charge in [0.05, 0.1) is 5.75 Å². The van der Waals surface area contributed by atoms with Crippen molar-refractivity contribution in [3.63, 3.8) is 0 Å². The van der Waals surface area contributed by atoms with Crippen LogP contribution in [0.3, 0.4) is 0 Å². The molecular formula is C19H27N5O2S. The van der Waals surface area contributed by atoms with Crippen LogP contribution in [-0.2, 0) is 17.9 Å². The highest BCUT2D eigenvalue weighted by atomic mass is 32.2. The highest BCUT2D eigenvalue weighted by molar-refractivity contribution is 7.99. The van der Waals surface area contributed by atoms with Crippen LogP contribution in [0.2, 0.25) is 0 Å². The fourth-order valence-corrected chi connectivity index (χ4v) is 4.20. The van der Waals surface area contributed by atoms with Crippen LogP contribution in [0.5, 0.6) is 0 Å². The lowest BCUT2D eigenvalue weighted by molar-refractivity contribution is -0.118. The van der Waals surface area contributed by atoms with E-state index in [1.54, 1.807) is 0 Å². The molecule has 0 unspecified atom stereocenters. The largest absolute Gasteiger partial charge is 0.370 e. The van der Waals surface area contributed by atoms with Crippen LogP contribution in [0.1, 0.15) is 66.1 Å². The lowest BCUT2D eigenvalue weighted by Gasteiger charge is -2.09. The van der Waals surface area contributed by atoms with Gasteiger partial charge in [-0.15, -0.1) is 10.2 Å². The van der Waals surface area contributed by atoms with Gasteiger partial charge in [0.25, 0.3) is 0 Å². The molecule has 0 saturated heterocycles. The van der Waals surface area contributed by atoms with E-state index < -0.39 is 0 Å². The number of ketones is 1. The monoisotopic (exact) mass is 389 g/mol. The van der Waals surface area contributed by atoms with Crippen molar-refractivity contribution < 1.29 is 9.59 Å². The van der Waals surface area contributed by atoms with E-state index in [2.05, 4.69) is 21.7 Å². The molecule has 1 fully saturated rings. The van der Waals surface area contributed by atoms with E-state index in [0.717, 1.165) is 48.6 Å². The molecule has 0 aromatic carbocycles. The van der Waals surface area contributed by atoms with E-state index in [1.807, 2.05) is 24.5 Å². The Kier molecular flexibility index (Phi) is 6.04. The Hall–Kier alpha value is -2.09. The van der Waals surface area contributed by atoms with Crippen LogP contribution in [0.15, 0.2) is 11.2 Å². The van der Waals surface area contributed by atoms with Crippen LogP contribution < -0.4 is 5.73 Å². The Labute approximate surface area is 163 Å². The van der Waals surface area contributed by atoms with Gasteiger partial charge in [-0.1, -0.05) is 18.7 Å². The Morgan fingerprint density at radius 2 is 1.96 bits per heavy atom. The predicted octanol–water partition coefficient (Wildman–Crippen LogP) is 2.83. The molecular weight excluding hydrogens is 362 g/mol. The van der Waals surface area contributed by atoms with Crippen molar-refractivity contribution in [2.24, 2.45) is 5.73 Å². The van der Waals surface area contributed by atoms with Crippen LogP contribution in [0, 0.1) is 13.8 Å². The Balaban J connectivity index is 1.72. The molecule has 2 aromatic heterocycles. The number of Topliss-reactive ketones (excluding diaryl/α,β-unsaturated/α-hetero) is 1. The van der Waals surface area contributed by atoms with Gasteiger partial charge in [0.15, 0.2) is 10.9 Å². The Bertz CT molecular complexity index is 851. The van der Waals surface area contributed by atoms with Crippen LogP contribution in [0.25, 0.3) is 0 Å². The van der Waals surface area contributed by atoms with Gasteiger partial charge < -0.3 is 14.9 Å². The fourth-order valence-electron chi connectivity index (χ4n) is 3.34. The summed E-state index contributed by atoms with van der Waals surface area (Å²) in [6, 6.07) is 1.97. The highest BCUT2D eigenvalue weighted by Crippen LogP contribution is 2.40. The number of thioether (sulfide) groups is 1. The number of rotatable bonds is 10. The van der Waals surface area contributed by atoms with Gasteiger partial charge in [0, 0.05) is 42.4 Å². The normalized spacial score (nSPS) is 13.9. The molecule has 0 aliphatic heterocycles. The first-order chi connectivity index (χ1) is 12.9. The number of carbonyl (C=O) groups excluding carboxylic acids is 2. The first kappa shape index (κ1) is 19.7. The maximum atomic E-state index is 12.8. The molecule has 1 aliphatic rings. The lowest BCUT2D eigenvalue weighted by atomic mass is 10.2. The molecule has 146 valence electrons. The molecule has 0 radical (unpaired) electrons. The molecule has 27 heavy (non-hydrogen) atoms. The minimum absolute atomic E-state index is 0.0906. The molecule has 2 aromatic rings. The van der Waals surface area contributed by atoms with Crippen LogP contribution in [0.4, 0.5) is 0 Å². The summed E-state index contributed by atoms with van der Waals surface area (Å²) in [6.07, 6.45) is 3.48. The Morgan fingerprint density at radius 3 is 2.59 bits per heavy atom. The van der Waals surface area contributed by atoms with Crippen molar-refractivity contribution in [1.29, 1.82) is 0 Å². The molecule has 1 amide bonds. The van der Waals surface area contributed by atoms with E-state index >= 15 is 0 Å². The summed E-state index contributed by atoms with van der Waals surface area (Å²) in [7, 11) is 0. The van der Waals surface area contributed by atoms with E-state index in [9.17, 15) is 9.59 Å². The van der Waals surface area contributed by atoms with Gasteiger partial charge in [-0.05, 0) is 39.2 Å². The fraction of sp³-hybridized carbons (Fsp3) is 0.579. The number of hydrogen-bond acceptors (Lipinski definition) is 5. The van der Waals surface area contributed by atoms with Gasteiger partial charge in [-0.25, -0.2) is 0 Å². The van der Waals surface area contributed by atoms with Crippen molar-refractivity contribution in [1.82, 2.24) is 19.3 Å². The van der Waals surface area contributed by atoms with Gasteiger partial charge in [0.2, 0.25) is 5.91 Å². The standard InChI is InChI=1S/C19H27N5O2S/c1-4-8-23-12(2)10-15(13(23)3)16(25)11-27-19-22-21-18(14-5-6-14)24(19)9-7-17(20)26/h10,14H,4-9,11H2,1-3H3,(H2,20,26). The SMILES string of the molecule is CCCn1c(C)cc(C(=O)CSc2nnc(C3CC3)n2CCC(N)=O)c1C. The third-order valence-electron chi connectivity index (χ3n) is 4.92. The molecule has 7 nitrogen and oxygen atoms in total. The maximum absolute atomic E-state index is 12.8. The van der Waals surface area contributed by atoms with Crippen molar-refractivity contribution in [2.45, 2.75) is 70.6 Å². The number of nitrogens with zero attached hydrogens (tertiary/aromatic N) is 4. The van der Waals surface area contributed by atoms with Gasteiger partial charge in [0.1, 0.15) is 5.82 Å². The van der Waals surface area contributed by atoms with Gasteiger partial charge in [-0.2, -0.15) is 0 Å². The quantitative estimate of drug-likeness (QED) is 0.498. The van der Waals surface area contributed by atoms with Crippen molar-refractivity contribution in [2.75, 3.05) is 5.75 Å². The van der Waals surface area contributed by atoms with Gasteiger partial charge >= 0.3 is 0 Å². The zero-order valence-corrected chi connectivity index (χ0v) is 17.0. The van der Waals surface area contributed by atoms with Gasteiger partial charge in [-0.3, -0.25) is 9.59 Å². The summed E-state index contributed by atoms with van der Waals surface area (Å²) >= 11 is 1.38.